The van der Waals surface area contributed by atoms with Crippen molar-refractivity contribution in [2.24, 2.45) is 0 Å². The van der Waals surface area contributed by atoms with Gasteiger partial charge in [-0.3, -0.25) is 0 Å². The summed E-state index contributed by atoms with van der Waals surface area (Å²) in [6, 6.07) is 23.1. The van der Waals surface area contributed by atoms with Crippen LogP contribution in [0.2, 0.25) is 0 Å². The molecule has 0 aliphatic carbocycles. The second-order valence-electron chi connectivity index (χ2n) is 6.81. The standard InChI is InChI=1S/C24H19NO2/c1-3-27-24(26)20-14-22-18-10-6-7-11-19(18)23-17-9-5-4-8-16(17)12-13-21(23)25(22)15(20)2/h4-14H,3H2,1-2H3. The Bertz CT molecular complexity index is 1360. The van der Waals surface area contributed by atoms with Gasteiger partial charge in [-0.25, -0.2) is 4.79 Å². The van der Waals surface area contributed by atoms with E-state index in [1.54, 1.807) is 0 Å². The van der Waals surface area contributed by atoms with Gasteiger partial charge >= 0.3 is 5.97 Å². The zero-order valence-electron chi connectivity index (χ0n) is 15.3. The fourth-order valence-electron chi connectivity index (χ4n) is 4.18. The molecule has 27 heavy (non-hydrogen) atoms. The smallest absolute Gasteiger partial charge is 0.339 e. The first-order valence-electron chi connectivity index (χ1n) is 9.22. The molecule has 0 spiro atoms. The molecule has 2 aromatic heterocycles. The summed E-state index contributed by atoms with van der Waals surface area (Å²) in [4.78, 5) is 12.5. The van der Waals surface area contributed by atoms with E-state index in [0.717, 1.165) is 22.1 Å². The summed E-state index contributed by atoms with van der Waals surface area (Å²) in [6.07, 6.45) is 0. The van der Waals surface area contributed by atoms with Crippen LogP contribution in [-0.4, -0.2) is 17.0 Å². The molecule has 0 radical (unpaired) electrons. The first-order valence-corrected chi connectivity index (χ1v) is 9.22. The zero-order chi connectivity index (χ0) is 18.5. The van der Waals surface area contributed by atoms with Gasteiger partial charge in [0, 0.05) is 16.5 Å². The molecular formula is C24H19NO2. The van der Waals surface area contributed by atoms with Crippen LogP contribution in [0.25, 0.3) is 38.0 Å². The molecule has 0 saturated heterocycles. The summed E-state index contributed by atoms with van der Waals surface area (Å²) in [5, 5.41) is 5.99. The van der Waals surface area contributed by atoms with Crippen molar-refractivity contribution in [3.8, 4) is 0 Å². The number of hydrogen-bond acceptors (Lipinski definition) is 2. The molecule has 0 aliphatic heterocycles. The van der Waals surface area contributed by atoms with Crippen molar-refractivity contribution < 1.29 is 9.53 Å². The van der Waals surface area contributed by atoms with Crippen LogP contribution in [0, 0.1) is 6.92 Å². The van der Waals surface area contributed by atoms with Gasteiger partial charge in [0.2, 0.25) is 0 Å². The average molecular weight is 353 g/mol. The molecule has 0 N–H and O–H groups in total. The van der Waals surface area contributed by atoms with Gasteiger partial charge in [-0.05, 0) is 42.1 Å². The van der Waals surface area contributed by atoms with Gasteiger partial charge in [-0.1, -0.05) is 54.6 Å². The lowest BCUT2D eigenvalue weighted by molar-refractivity contribution is 0.0525. The van der Waals surface area contributed by atoms with Crippen LogP contribution in [0.1, 0.15) is 23.0 Å². The number of carbonyl (C=O) groups is 1. The third-order valence-corrected chi connectivity index (χ3v) is 5.36. The van der Waals surface area contributed by atoms with Gasteiger partial charge in [0.15, 0.2) is 0 Å². The monoisotopic (exact) mass is 353 g/mol. The number of esters is 1. The van der Waals surface area contributed by atoms with E-state index in [4.69, 9.17) is 4.74 Å². The minimum absolute atomic E-state index is 0.267. The number of hydrogen-bond donors (Lipinski definition) is 0. The number of benzene rings is 3. The predicted octanol–water partition coefficient (Wildman–Crippen LogP) is 5.88. The lowest BCUT2D eigenvalue weighted by Gasteiger charge is -2.13. The summed E-state index contributed by atoms with van der Waals surface area (Å²) in [5.41, 5.74) is 3.68. The Kier molecular flexibility index (Phi) is 3.44. The number of ether oxygens (including phenoxy) is 1. The number of carbonyl (C=O) groups excluding carboxylic acids is 1. The highest BCUT2D eigenvalue weighted by molar-refractivity contribution is 6.22. The van der Waals surface area contributed by atoms with E-state index in [0.29, 0.717) is 12.2 Å². The van der Waals surface area contributed by atoms with Crippen molar-refractivity contribution in [3.63, 3.8) is 0 Å². The molecule has 0 fully saturated rings. The van der Waals surface area contributed by atoms with Crippen molar-refractivity contribution in [2.75, 3.05) is 6.61 Å². The van der Waals surface area contributed by atoms with Crippen LogP contribution in [0.4, 0.5) is 0 Å². The maximum atomic E-state index is 12.5. The fraction of sp³-hybridized carbons (Fsp3) is 0.125. The van der Waals surface area contributed by atoms with Crippen molar-refractivity contribution in [1.82, 2.24) is 4.40 Å². The van der Waals surface area contributed by atoms with Crippen LogP contribution in [-0.2, 0) is 4.74 Å². The Morgan fingerprint density at radius 3 is 2.37 bits per heavy atom. The van der Waals surface area contributed by atoms with E-state index < -0.39 is 0 Å². The SMILES string of the molecule is CCOC(=O)c1cc2c3ccccc3c3c4ccccc4ccc3n2c1C. The summed E-state index contributed by atoms with van der Waals surface area (Å²) >= 11 is 0. The predicted molar refractivity (Wildman–Crippen MR) is 111 cm³/mol. The molecule has 2 heterocycles. The highest BCUT2D eigenvalue weighted by Gasteiger charge is 2.19. The van der Waals surface area contributed by atoms with E-state index in [1.807, 2.05) is 26.0 Å². The molecule has 0 amide bonds. The minimum atomic E-state index is -0.267. The lowest BCUT2D eigenvalue weighted by Crippen LogP contribution is -2.05. The lowest BCUT2D eigenvalue weighted by atomic mass is 9.99. The van der Waals surface area contributed by atoms with E-state index in [9.17, 15) is 4.79 Å². The molecule has 5 aromatic rings. The third kappa shape index (κ3) is 2.18. The number of fused-ring (bicyclic) bond motifs is 8. The molecular weight excluding hydrogens is 334 g/mol. The summed E-state index contributed by atoms with van der Waals surface area (Å²) in [7, 11) is 0. The normalized spacial score (nSPS) is 11.6. The third-order valence-electron chi connectivity index (χ3n) is 5.36. The number of aromatic nitrogens is 1. The largest absolute Gasteiger partial charge is 0.462 e. The Morgan fingerprint density at radius 1 is 0.889 bits per heavy atom. The number of aryl methyl sites for hydroxylation is 1. The second kappa shape index (κ2) is 5.85. The highest BCUT2D eigenvalue weighted by Crippen LogP contribution is 2.36. The number of rotatable bonds is 2. The van der Waals surface area contributed by atoms with Crippen LogP contribution >= 0.6 is 0 Å². The summed E-state index contributed by atoms with van der Waals surface area (Å²) in [5.74, 6) is -0.267. The Morgan fingerprint density at radius 2 is 1.59 bits per heavy atom. The van der Waals surface area contributed by atoms with Crippen molar-refractivity contribution >= 4 is 43.9 Å². The maximum absolute atomic E-state index is 12.5. The van der Waals surface area contributed by atoms with Crippen molar-refractivity contribution in [3.05, 3.63) is 78.0 Å². The first-order chi connectivity index (χ1) is 13.2. The number of nitrogens with zero attached hydrogens (tertiary/aromatic N) is 1. The van der Waals surface area contributed by atoms with Crippen LogP contribution < -0.4 is 0 Å². The molecule has 3 aromatic carbocycles. The molecule has 0 atom stereocenters. The van der Waals surface area contributed by atoms with E-state index >= 15 is 0 Å². The van der Waals surface area contributed by atoms with Gasteiger partial charge in [-0.2, -0.15) is 0 Å². The molecule has 0 unspecified atom stereocenters. The fourth-order valence-corrected chi connectivity index (χ4v) is 4.18. The topological polar surface area (TPSA) is 30.7 Å². The first kappa shape index (κ1) is 15.9. The Labute approximate surface area is 156 Å². The second-order valence-corrected chi connectivity index (χ2v) is 6.81. The maximum Gasteiger partial charge on any atom is 0.339 e. The Hall–Kier alpha value is -3.33. The number of pyridine rings is 1. The molecule has 0 saturated carbocycles. The molecule has 0 bridgehead atoms. The van der Waals surface area contributed by atoms with E-state index in [1.165, 1.54) is 21.5 Å². The van der Waals surface area contributed by atoms with E-state index in [2.05, 4.69) is 59.0 Å². The van der Waals surface area contributed by atoms with Gasteiger partial charge in [0.05, 0.1) is 23.2 Å². The minimum Gasteiger partial charge on any atom is -0.462 e. The quantitative estimate of drug-likeness (QED) is 0.293. The average Bonchev–Trinajstić information content (AvgIpc) is 3.05. The van der Waals surface area contributed by atoms with Gasteiger partial charge in [-0.15, -0.1) is 0 Å². The van der Waals surface area contributed by atoms with Crippen LogP contribution in [0.5, 0.6) is 0 Å². The van der Waals surface area contributed by atoms with Gasteiger partial charge < -0.3 is 9.14 Å². The van der Waals surface area contributed by atoms with Crippen molar-refractivity contribution in [1.29, 1.82) is 0 Å². The molecule has 5 rings (SSSR count). The summed E-state index contributed by atoms with van der Waals surface area (Å²) < 4.78 is 7.47. The van der Waals surface area contributed by atoms with E-state index in [-0.39, 0.29) is 5.97 Å². The zero-order valence-corrected chi connectivity index (χ0v) is 15.3. The highest BCUT2D eigenvalue weighted by atomic mass is 16.5. The molecule has 132 valence electrons. The van der Waals surface area contributed by atoms with Crippen LogP contribution in [0.15, 0.2) is 66.7 Å². The molecule has 3 nitrogen and oxygen atoms in total. The molecule has 3 heteroatoms. The summed E-state index contributed by atoms with van der Waals surface area (Å²) in [6.45, 7) is 4.19. The van der Waals surface area contributed by atoms with Crippen LogP contribution in [0.3, 0.4) is 0 Å². The van der Waals surface area contributed by atoms with Crippen molar-refractivity contribution in [2.45, 2.75) is 13.8 Å². The molecule has 0 aliphatic rings. The van der Waals surface area contributed by atoms with Gasteiger partial charge in [0.1, 0.15) is 0 Å². The van der Waals surface area contributed by atoms with Gasteiger partial charge in [0.25, 0.3) is 0 Å². The Balaban J connectivity index is 2.06.